The lowest BCUT2D eigenvalue weighted by molar-refractivity contribution is -0.126. The summed E-state index contributed by atoms with van der Waals surface area (Å²) in [6.07, 6.45) is 10.6. The van der Waals surface area contributed by atoms with Crippen LogP contribution in [0.15, 0.2) is 30.7 Å². The predicted molar refractivity (Wildman–Crippen MR) is 132 cm³/mol. The molecule has 2 amide bonds. The minimum Gasteiger partial charge on any atom is -0.493 e. The van der Waals surface area contributed by atoms with Crippen LogP contribution in [0.1, 0.15) is 61.7 Å². The van der Waals surface area contributed by atoms with Crippen LogP contribution in [0.3, 0.4) is 0 Å². The molecule has 3 saturated carbocycles. The van der Waals surface area contributed by atoms with Gasteiger partial charge in [-0.2, -0.15) is 0 Å². The van der Waals surface area contributed by atoms with Crippen LogP contribution in [0, 0.1) is 17.7 Å². The quantitative estimate of drug-likeness (QED) is 0.439. The van der Waals surface area contributed by atoms with Crippen molar-refractivity contribution in [3.8, 4) is 17.0 Å². The standard InChI is InChI=1S/C27H30FN5O3/c28-17-5-10-22(36-13-15-1-2-15)20(11-17)23-25-24(31-14-30-23)21(12-29-25)27(35)33-18-6-3-16(4-7-18)26(34)32-19-8-9-19/h5,10-12,14-16,18-19,29H,1-4,6-9,13H2,(H,32,34)(H,33,35). The normalized spacial score (nSPS) is 21.8. The lowest BCUT2D eigenvalue weighted by Gasteiger charge is -2.28. The smallest absolute Gasteiger partial charge is 0.255 e. The number of nitrogens with zero attached hydrogens (tertiary/aromatic N) is 2. The summed E-state index contributed by atoms with van der Waals surface area (Å²) < 4.78 is 20.2. The summed E-state index contributed by atoms with van der Waals surface area (Å²) in [4.78, 5) is 37.4. The second-order valence-corrected chi connectivity index (χ2v) is 10.3. The van der Waals surface area contributed by atoms with E-state index in [1.807, 2.05) is 0 Å². The second-order valence-electron chi connectivity index (χ2n) is 10.3. The van der Waals surface area contributed by atoms with Crippen LogP contribution < -0.4 is 15.4 Å². The average molecular weight is 492 g/mol. The Morgan fingerprint density at radius 2 is 1.75 bits per heavy atom. The molecular weight excluding hydrogens is 461 g/mol. The average Bonchev–Trinajstić information content (AvgIpc) is 3.82. The molecule has 0 atom stereocenters. The third kappa shape index (κ3) is 4.92. The van der Waals surface area contributed by atoms with Crippen molar-refractivity contribution >= 4 is 22.8 Å². The molecule has 3 N–H and O–H groups in total. The zero-order valence-electron chi connectivity index (χ0n) is 20.1. The number of nitrogens with one attached hydrogen (secondary N) is 3. The largest absolute Gasteiger partial charge is 0.493 e. The Labute approximate surface area is 208 Å². The number of benzene rings is 1. The second kappa shape index (κ2) is 9.52. The van der Waals surface area contributed by atoms with Gasteiger partial charge in [-0.05, 0) is 75.5 Å². The van der Waals surface area contributed by atoms with E-state index >= 15 is 0 Å². The highest BCUT2D eigenvalue weighted by molar-refractivity contribution is 6.08. The van der Waals surface area contributed by atoms with Gasteiger partial charge in [0.15, 0.2) is 0 Å². The van der Waals surface area contributed by atoms with Gasteiger partial charge in [-0.3, -0.25) is 9.59 Å². The number of carbonyl (C=O) groups excluding carboxylic acids is 2. The van der Waals surface area contributed by atoms with Crippen LogP contribution in [-0.2, 0) is 4.79 Å². The van der Waals surface area contributed by atoms with Gasteiger partial charge in [-0.15, -0.1) is 0 Å². The van der Waals surface area contributed by atoms with Crippen molar-refractivity contribution in [2.75, 3.05) is 6.61 Å². The van der Waals surface area contributed by atoms with Gasteiger partial charge in [0.25, 0.3) is 5.91 Å². The molecule has 9 heteroatoms. The number of aromatic amines is 1. The summed E-state index contributed by atoms with van der Waals surface area (Å²) in [5.41, 5.74) is 2.47. The lowest BCUT2D eigenvalue weighted by Crippen LogP contribution is -2.41. The molecular formula is C27H30FN5O3. The Morgan fingerprint density at radius 3 is 2.50 bits per heavy atom. The molecule has 3 aliphatic rings. The molecule has 3 fully saturated rings. The number of H-pyrrole nitrogens is 1. The van der Waals surface area contributed by atoms with E-state index in [4.69, 9.17) is 4.74 Å². The van der Waals surface area contributed by atoms with Gasteiger partial charge in [0.05, 0.1) is 17.7 Å². The van der Waals surface area contributed by atoms with E-state index in [1.165, 1.54) is 18.5 Å². The first-order valence-electron chi connectivity index (χ1n) is 12.9. The SMILES string of the molecule is O=C(NC1CCC(C(=O)NC2CC2)CC1)c1c[nH]c2c(-c3cc(F)ccc3OCC3CC3)ncnc12. The first-order valence-corrected chi connectivity index (χ1v) is 12.9. The number of rotatable bonds is 8. The summed E-state index contributed by atoms with van der Waals surface area (Å²) in [5, 5.41) is 6.20. The van der Waals surface area contributed by atoms with E-state index < -0.39 is 0 Å². The molecule has 0 radical (unpaired) electrons. The number of amides is 2. The third-order valence-electron chi connectivity index (χ3n) is 7.43. The third-order valence-corrected chi connectivity index (χ3v) is 7.43. The minimum absolute atomic E-state index is 0.0133. The Balaban J connectivity index is 1.17. The fraction of sp³-hybridized carbons (Fsp3) is 0.481. The van der Waals surface area contributed by atoms with Crippen molar-refractivity contribution in [2.24, 2.45) is 11.8 Å². The highest BCUT2D eigenvalue weighted by Gasteiger charge is 2.31. The van der Waals surface area contributed by atoms with Crippen LogP contribution in [0.25, 0.3) is 22.3 Å². The molecule has 2 aromatic heterocycles. The van der Waals surface area contributed by atoms with E-state index in [9.17, 15) is 14.0 Å². The van der Waals surface area contributed by atoms with E-state index in [-0.39, 0.29) is 29.6 Å². The van der Waals surface area contributed by atoms with Gasteiger partial charge in [-0.25, -0.2) is 14.4 Å². The first kappa shape index (κ1) is 22.9. The van der Waals surface area contributed by atoms with E-state index in [0.29, 0.717) is 52.2 Å². The van der Waals surface area contributed by atoms with Crippen LogP contribution in [0.5, 0.6) is 5.75 Å². The molecule has 0 spiro atoms. The number of halogens is 1. The number of hydrogen-bond acceptors (Lipinski definition) is 5. The number of carbonyl (C=O) groups is 2. The number of fused-ring (bicyclic) bond motifs is 1. The van der Waals surface area contributed by atoms with Crippen LogP contribution in [-0.4, -0.2) is 45.5 Å². The highest BCUT2D eigenvalue weighted by Crippen LogP contribution is 2.36. The van der Waals surface area contributed by atoms with E-state index in [0.717, 1.165) is 51.4 Å². The molecule has 1 aromatic carbocycles. The Kier molecular flexibility index (Phi) is 6.07. The van der Waals surface area contributed by atoms with Crippen LogP contribution >= 0.6 is 0 Å². The summed E-state index contributed by atoms with van der Waals surface area (Å²) >= 11 is 0. The topological polar surface area (TPSA) is 109 Å². The van der Waals surface area contributed by atoms with Gasteiger partial charge >= 0.3 is 0 Å². The van der Waals surface area contributed by atoms with Crippen molar-refractivity contribution in [3.05, 3.63) is 42.1 Å². The fourth-order valence-corrected chi connectivity index (χ4v) is 4.93. The van der Waals surface area contributed by atoms with E-state index in [1.54, 1.807) is 12.3 Å². The summed E-state index contributed by atoms with van der Waals surface area (Å²) in [7, 11) is 0. The Hall–Kier alpha value is -3.49. The molecule has 8 nitrogen and oxygen atoms in total. The van der Waals surface area contributed by atoms with Gasteiger partial charge in [0, 0.05) is 29.8 Å². The highest BCUT2D eigenvalue weighted by atomic mass is 19.1. The van der Waals surface area contributed by atoms with Crippen molar-refractivity contribution in [3.63, 3.8) is 0 Å². The molecule has 2 heterocycles. The first-order chi connectivity index (χ1) is 17.5. The maximum absolute atomic E-state index is 14.2. The van der Waals surface area contributed by atoms with Crippen molar-refractivity contribution in [2.45, 2.75) is 63.5 Å². The van der Waals surface area contributed by atoms with Gasteiger partial charge in [0.2, 0.25) is 5.91 Å². The molecule has 0 aliphatic heterocycles. The summed E-state index contributed by atoms with van der Waals surface area (Å²) in [6, 6.07) is 4.79. The van der Waals surface area contributed by atoms with Crippen molar-refractivity contribution in [1.82, 2.24) is 25.6 Å². The zero-order chi connectivity index (χ0) is 24.6. The molecule has 0 saturated heterocycles. The summed E-state index contributed by atoms with van der Waals surface area (Å²) in [5.74, 6) is 0.691. The van der Waals surface area contributed by atoms with E-state index in [2.05, 4.69) is 25.6 Å². The Morgan fingerprint density at radius 1 is 1.00 bits per heavy atom. The monoisotopic (exact) mass is 491 g/mol. The molecule has 188 valence electrons. The Bertz CT molecular complexity index is 1290. The molecule has 3 aromatic rings. The van der Waals surface area contributed by atoms with Crippen LogP contribution in [0.4, 0.5) is 4.39 Å². The number of ether oxygens (including phenoxy) is 1. The number of aromatic nitrogens is 3. The maximum Gasteiger partial charge on any atom is 0.255 e. The molecule has 0 bridgehead atoms. The van der Waals surface area contributed by atoms with Gasteiger partial charge in [-0.1, -0.05) is 0 Å². The fourth-order valence-electron chi connectivity index (χ4n) is 4.93. The van der Waals surface area contributed by atoms with Crippen LogP contribution in [0.2, 0.25) is 0 Å². The van der Waals surface area contributed by atoms with Gasteiger partial charge < -0.3 is 20.4 Å². The molecule has 0 unspecified atom stereocenters. The molecule has 36 heavy (non-hydrogen) atoms. The van der Waals surface area contributed by atoms with Crippen molar-refractivity contribution in [1.29, 1.82) is 0 Å². The molecule has 3 aliphatic carbocycles. The van der Waals surface area contributed by atoms with Crippen molar-refractivity contribution < 1.29 is 18.7 Å². The lowest BCUT2D eigenvalue weighted by atomic mass is 9.85. The predicted octanol–water partition coefficient (Wildman–Crippen LogP) is 4.12. The van der Waals surface area contributed by atoms with Gasteiger partial charge in [0.1, 0.15) is 29.1 Å². The maximum atomic E-state index is 14.2. The molecule has 6 rings (SSSR count). The zero-order valence-corrected chi connectivity index (χ0v) is 20.1. The minimum atomic E-state index is -0.388. The summed E-state index contributed by atoms with van der Waals surface area (Å²) in [6.45, 7) is 0.593. The number of hydrogen-bond donors (Lipinski definition) is 3.